The molecule has 8 nitrogen and oxygen atoms in total. The molecule has 8 heteroatoms. The fraction of sp³-hybridized carbons (Fsp3) is 0.359. The number of fused-ring (bicyclic) bond motifs is 1. The van der Waals surface area contributed by atoms with E-state index in [1.54, 1.807) is 49.9 Å². The van der Waals surface area contributed by atoms with Crippen molar-refractivity contribution in [1.29, 1.82) is 0 Å². The third-order valence-corrected chi connectivity index (χ3v) is 8.04. The Bertz CT molecular complexity index is 1670. The van der Waals surface area contributed by atoms with Gasteiger partial charge in [0.05, 0.1) is 0 Å². The number of alkyl carbamates (subject to hydrolysis) is 1. The van der Waals surface area contributed by atoms with Gasteiger partial charge in [-0.2, -0.15) is 0 Å². The summed E-state index contributed by atoms with van der Waals surface area (Å²) in [4.78, 5) is 44.0. The number of carbonyl (C=O) groups is 3. The maximum Gasteiger partial charge on any atom is 0.408 e. The summed E-state index contributed by atoms with van der Waals surface area (Å²) < 4.78 is 5.56. The molecular weight excluding hydrogens is 590 g/mol. The Balaban J connectivity index is 1.79. The van der Waals surface area contributed by atoms with Gasteiger partial charge in [0.1, 0.15) is 23.4 Å². The molecule has 0 fully saturated rings. The first-order valence-electron chi connectivity index (χ1n) is 16.3. The smallest absolute Gasteiger partial charge is 0.408 e. The highest BCUT2D eigenvalue weighted by atomic mass is 16.6. The number of unbranched alkanes of at least 4 members (excludes halogenated alkanes) is 2. The van der Waals surface area contributed by atoms with Gasteiger partial charge < -0.3 is 25.4 Å². The van der Waals surface area contributed by atoms with E-state index >= 15 is 0 Å². The van der Waals surface area contributed by atoms with Crippen LogP contribution < -0.4 is 10.6 Å². The number of aryl methyl sites for hydroxylation is 2. The molecule has 3 N–H and O–H groups in total. The van der Waals surface area contributed by atoms with Gasteiger partial charge in [-0.05, 0) is 98.3 Å². The molecule has 4 aromatic carbocycles. The molecule has 0 aromatic heterocycles. The molecule has 248 valence electrons. The second-order valence-electron chi connectivity index (χ2n) is 13.1. The molecule has 2 unspecified atom stereocenters. The van der Waals surface area contributed by atoms with E-state index in [4.69, 9.17) is 4.74 Å². The van der Waals surface area contributed by atoms with Crippen LogP contribution in [-0.4, -0.2) is 46.1 Å². The molecule has 0 aliphatic heterocycles. The second kappa shape index (κ2) is 15.6. The van der Waals surface area contributed by atoms with Crippen LogP contribution in [0.15, 0.2) is 84.9 Å². The summed E-state index contributed by atoms with van der Waals surface area (Å²) in [5.41, 5.74) is 3.08. The number of hydrogen-bond donors (Lipinski definition) is 3. The number of benzene rings is 4. The van der Waals surface area contributed by atoms with E-state index in [1.165, 1.54) is 0 Å². The molecule has 2 atom stereocenters. The van der Waals surface area contributed by atoms with E-state index in [1.807, 2.05) is 74.5 Å². The monoisotopic (exact) mass is 637 g/mol. The van der Waals surface area contributed by atoms with Gasteiger partial charge in [-0.15, -0.1) is 0 Å². The highest BCUT2D eigenvalue weighted by molar-refractivity contribution is 6.00. The SMILES string of the molecule is CCCCCN(C(=O)C(Cc1ccc(O)cc1)NC(=O)OC(C)(C)C)C(C(=O)Nc1ccc2ccccc2c1)c1c(C)cccc1C. The Hall–Kier alpha value is -4.85. The molecule has 3 amide bonds. The Morgan fingerprint density at radius 3 is 2.15 bits per heavy atom. The number of nitrogens with zero attached hydrogens (tertiary/aromatic N) is 1. The van der Waals surface area contributed by atoms with Gasteiger partial charge >= 0.3 is 6.09 Å². The zero-order chi connectivity index (χ0) is 34.1. The van der Waals surface area contributed by atoms with Crippen LogP contribution in [0, 0.1) is 13.8 Å². The first-order chi connectivity index (χ1) is 22.4. The number of nitrogens with one attached hydrogen (secondary N) is 2. The Kier molecular flexibility index (Phi) is 11.6. The first-order valence-corrected chi connectivity index (χ1v) is 16.3. The van der Waals surface area contributed by atoms with Crippen molar-refractivity contribution < 1.29 is 24.2 Å². The van der Waals surface area contributed by atoms with E-state index in [9.17, 15) is 19.5 Å². The molecule has 0 heterocycles. The van der Waals surface area contributed by atoms with Crippen LogP contribution >= 0.6 is 0 Å². The lowest BCUT2D eigenvalue weighted by Crippen LogP contribution is -2.53. The number of phenols is 1. The summed E-state index contributed by atoms with van der Waals surface area (Å²) in [6, 6.07) is 24.0. The van der Waals surface area contributed by atoms with Crippen molar-refractivity contribution in [3.05, 3.63) is 107 Å². The van der Waals surface area contributed by atoms with E-state index in [0.29, 0.717) is 18.7 Å². The quantitative estimate of drug-likeness (QED) is 0.137. The van der Waals surface area contributed by atoms with Gasteiger partial charge in [0.15, 0.2) is 0 Å². The minimum absolute atomic E-state index is 0.0957. The van der Waals surface area contributed by atoms with Crippen molar-refractivity contribution in [3.8, 4) is 5.75 Å². The molecule has 4 aromatic rings. The number of anilines is 1. The summed E-state index contributed by atoms with van der Waals surface area (Å²) in [6.07, 6.45) is 1.86. The van der Waals surface area contributed by atoms with E-state index in [-0.39, 0.29) is 18.1 Å². The molecule has 0 radical (unpaired) electrons. The topological polar surface area (TPSA) is 108 Å². The number of phenolic OH excluding ortho intramolecular Hbond substituents is 1. The molecule has 4 rings (SSSR count). The van der Waals surface area contributed by atoms with Crippen LogP contribution in [0.3, 0.4) is 0 Å². The minimum Gasteiger partial charge on any atom is -0.508 e. The molecule has 47 heavy (non-hydrogen) atoms. The van der Waals surface area contributed by atoms with Gasteiger partial charge in [0.2, 0.25) is 5.91 Å². The van der Waals surface area contributed by atoms with Gasteiger partial charge in [-0.25, -0.2) is 4.79 Å². The normalized spacial score (nSPS) is 12.6. The standard InChI is InChI=1S/C39H47N3O5/c1-7-8-11-23-42(37(45)33(41-38(46)47-39(4,5)6)24-28-17-21-32(43)22-18-28)35(34-26(2)13-12-14-27(34)3)36(44)40-31-20-19-29-15-9-10-16-30(29)25-31/h9-10,12-22,25,33,35,43H,7-8,11,23-24H2,1-6H3,(H,40,44)(H,41,46). The number of carbonyl (C=O) groups excluding carboxylic acids is 3. The Labute approximate surface area is 278 Å². The van der Waals surface area contributed by atoms with E-state index < -0.39 is 29.7 Å². The van der Waals surface area contributed by atoms with Crippen molar-refractivity contribution in [2.75, 3.05) is 11.9 Å². The van der Waals surface area contributed by atoms with Crippen molar-refractivity contribution in [3.63, 3.8) is 0 Å². The summed E-state index contributed by atoms with van der Waals surface area (Å²) in [5, 5.41) is 17.8. The fourth-order valence-corrected chi connectivity index (χ4v) is 5.78. The lowest BCUT2D eigenvalue weighted by molar-refractivity contribution is -0.141. The third kappa shape index (κ3) is 9.58. The van der Waals surface area contributed by atoms with Crippen LogP contribution in [0.1, 0.15) is 75.3 Å². The molecule has 0 saturated heterocycles. The lowest BCUT2D eigenvalue weighted by Gasteiger charge is -2.36. The summed E-state index contributed by atoms with van der Waals surface area (Å²) >= 11 is 0. The summed E-state index contributed by atoms with van der Waals surface area (Å²) in [5.74, 6) is -0.650. The second-order valence-corrected chi connectivity index (χ2v) is 13.1. The average molecular weight is 638 g/mol. The molecule has 0 aliphatic rings. The molecular formula is C39H47N3O5. The average Bonchev–Trinajstić information content (AvgIpc) is 3.01. The van der Waals surface area contributed by atoms with Gasteiger partial charge in [-0.3, -0.25) is 9.59 Å². The van der Waals surface area contributed by atoms with E-state index in [0.717, 1.165) is 45.9 Å². The zero-order valence-corrected chi connectivity index (χ0v) is 28.3. The van der Waals surface area contributed by atoms with Crippen LogP contribution in [-0.2, 0) is 20.7 Å². The number of amides is 3. The predicted molar refractivity (Wildman–Crippen MR) is 187 cm³/mol. The first kappa shape index (κ1) is 35.0. The van der Waals surface area contributed by atoms with Crippen LogP contribution in [0.4, 0.5) is 10.5 Å². The van der Waals surface area contributed by atoms with Crippen LogP contribution in [0.2, 0.25) is 0 Å². The third-order valence-electron chi connectivity index (χ3n) is 8.04. The Morgan fingerprint density at radius 1 is 0.851 bits per heavy atom. The number of aromatic hydroxyl groups is 1. The van der Waals surface area contributed by atoms with Crippen molar-refractivity contribution in [2.24, 2.45) is 0 Å². The minimum atomic E-state index is -1.05. The molecule has 0 aliphatic carbocycles. The van der Waals surface area contributed by atoms with Gasteiger partial charge in [-0.1, -0.05) is 80.4 Å². The number of rotatable bonds is 12. The highest BCUT2D eigenvalue weighted by Gasteiger charge is 2.37. The maximum absolute atomic E-state index is 14.8. The maximum atomic E-state index is 14.8. The van der Waals surface area contributed by atoms with Crippen LogP contribution in [0.25, 0.3) is 10.8 Å². The predicted octanol–water partition coefficient (Wildman–Crippen LogP) is 8.00. The van der Waals surface area contributed by atoms with E-state index in [2.05, 4.69) is 17.6 Å². The molecule has 0 bridgehead atoms. The highest BCUT2D eigenvalue weighted by Crippen LogP contribution is 2.31. The molecule has 0 spiro atoms. The largest absolute Gasteiger partial charge is 0.508 e. The fourth-order valence-electron chi connectivity index (χ4n) is 5.78. The number of hydrogen-bond acceptors (Lipinski definition) is 5. The number of ether oxygens (including phenoxy) is 1. The van der Waals surface area contributed by atoms with Crippen molar-refractivity contribution in [1.82, 2.24) is 10.2 Å². The van der Waals surface area contributed by atoms with Crippen molar-refractivity contribution >= 4 is 34.4 Å². The zero-order valence-electron chi connectivity index (χ0n) is 28.3. The van der Waals surface area contributed by atoms with Crippen LogP contribution in [0.5, 0.6) is 5.75 Å². The summed E-state index contributed by atoms with van der Waals surface area (Å²) in [7, 11) is 0. The lowest BCUT2D eigenvalue weighted by atomic mass is 9.92. The Morgan fingerprint density at radius 2 is 1.51 bits per heavy atom. The van der Waals surface area contributed by atoms with Gasteiger partial charge in [0.25, 0.3) is 5.91 Å². The van der Waals surface area contributed by atoms with Gasteiger partial charge in [0, 0.05) is 18.7 Å². The molecule has 0 saturated carbocycles. The summed E-state index contributed by atoms with van der Waals surface area (Å²) in [6.45, 7) is 11.6. The van der Waals surface area contributed by atoms with Crippen molar-refractivity contribution in [2.45, 2.75) is 84.9 Å².